The highest BCUT2D eigenvalue weighted by atomic mass is 19.1. The van der Waals surface area contributed by atoms with Crippen LogP contribution < -0.4 is 10.1 Å². The smallest absolute Gasteiger partial charge is 0.262 e. The minimum atomic E-state index is -0.750. The Labute approximate surface area is 121 Å². The Morgan fingerprint density at radius 3 is 2.14 bits per heavy atom. The molecule has 0 aliphatic carbocycles. The minimum Gasteiger partial charge on any atom is -0.484 e. The highest BCUT2D eigenvalue weighted by Crippen LogP contribution is 2.16. The molecule has 110 valence electrons. The van der Waals surface area contributed by atoms with E-state index in [4.69, 9.17) is 4.74 Å². The number of nitrogens with one attached hydrogen (secondary N) is 1. The first-order valence-corrected chi connectivity index (χ1v) is 6.39. The van der Waals surface area contributed by atoms with Crippen LogP contribution in [0.25, 0.3) is 0 Å². The van der Waals surface area contributed by atoms with Crippen molar-refractivity contribution in [2.75, 3.05) is 11.9 Å². The first-order valence-electron chi connectivity index (χ1n) is 6.39. The molecule has 5 heteroatoms. The van der Waals surface area contributed by atoms with Crippen molar-refractivity contribution in [3.63, 3.8) is 0 Å². The third-order valence-electron chi connectivity index (χ3n) is 2.71. The van der Waals surface area contributed by atoms with Gasteiger partial charge in [0.15, 0.2) is 6.61 Å². The predicted octanol–water partition coefficient (Wildman–Crippen LogP) is 3.60. The molecule has 0 radical (unpaired) electrons. The number of hydrogen-bond donors (Lipinski definition) is 1. The molecule has 0 saturated heterocycles. The van der Waals surface area contributed by atoms with Crippen LogP contribution in [0.2, 0.25) is 0 Å². The second-order valence-corrected chi connectivity index (χ2v) is 4.82. The molecule has 1 N–H and O–H groups in total. The second-order valence-electron chi connectivity index (χ2n) is 4.82. The lowest BCUT2D eigenvalue weighted by atomic mass is 10.1. The molecule has 0 aliphatic rings. The van der Waals surface area contributed by atoms with Crippen LogP contribution in [0.5, 0.6) is 5.75 Å². The first kappa shape index (κ1) is 15.0. The van der Waals surface area contributed by atoms with Crippen LogP contribution in [0.3, 0.4) is 0 Å². The van der Waals surface area contributed by atoms with Crippen LogP contribution in [0, 0.1) is 25.5 Å². The summed E-state index contributed by atoms with van der Waals surface area (Å²) < 4.78 is 31.4. The number of carbonyl (C=O) groups is 1. The van der Waals surface area contributed by atoms with Gasteiger partial charge in [-0.3, -0.25) is 4.79 Å². The van der Waals surface area contributed by atoms with Gasteiger partial charge in [-0.15, -0.1) is 0 Å². The van der Waals surface area contributed by atoms with Crippen molar-refractivity contribution in [3.05, 3.63) is 59.2 Å². The quantitative estimate of drug-likeness (QED) is 0.934. The van der Waals surface area contributed by atoms with E-state index in [-0.39, 0.29) is 12.3 Å². The highest BCUT2D eigenvalue weighted by molar-refractivity contribution is 5.91. The molecule has 1 amide bonds. The van der Waals surface area contributed by atoms with Gasteiger partial charge in [0, 0.05) is 11.8 Å². The van der Waals surface area contributed by atoms with Gasteiger partial charge in [0.1, 0.15) is 17.4 Å². The molecule has 2 rings (SSSR count). The maximum Gasteiger partial charge on any atom is 0.262 e. The molecule has 2 aromatic rings. The normalized spacial score (nSPS) is 10.3. The summed E-state index contributed by atoms with van der Waals surface area (Å²) in [5.41, 5.74) is 2.11. The molecule has 3 nitrogen and oxygen atoms in total. The zero-order valence-electron chi connectivity index (χ0n) is 11.7. The summed E-state index contributed by atoms with van der Waals surface area (Å²) in [7, 11) is 0. The van der Waals surface area contributed by atoms with Crippen molar-refractivity contribution in [2.45, 2.75) is 13.8 Å². The maximum absolute atomic E-state index is 13.0. The standard InChI is InChI=1S/C16H15F2NO2/c1-10-3-11(2)5-15(4-10)21-9-16(20)19-14-7-12(17)6-13(18)8-14/h3-8H,9H2,1-2H3,(H,19,20). The van der Waals surface area contributed by atoms with Crippen LogP contribution >= 0.6 is 0 Å². The number of anilines is 1. The third-order valence-corrected chi connectivity index (χ3v) is 2.71. The van der Waals surface area contributed by atoms with Crippen LogP contribution in [0.4, 0.5) is 14.5 Å². The third kappa shape index (κ3) is 4.56. The summed E-state index contributed by atoms with van der Waals surface area (Å²) in [6.45, 7) is 3.62. The van der Waals surface area contributed by atoms with Gasteiger partial charge in [-0.1, -0.05) is 6.07 Å². The second kappa shape index (κ2) is 6.35. The molecule has 0 atom stereocenters. The largest absolute Gasteiger partial charge is 0.484 e. The Morgan fingerprint density at radius 2 is 1.57 bits per heavy atom. The van der Waals surface area contributed by atoms with E-state index in [2.05, 4.69) is 5.32 Å². The summed E-state index contributed by atoms with van der Waals surface area (Å²) in [6.07, 6.45) is 0. The summed E-state index contributed by atoms with van der Waals surface area (Å²) >= 11 is 0. The fourth-order valence-electron chi connectivity index (χ4n) is 1.99. The van der Waals surface area contributed by atoms with Gasteiger partial charge in [-0.05, 0) is 49.2 Å². The number of carbonyl (C=O) groups excluding carboxylic acids is 1. The zero-order valence-corrected chi connectivity index (χ0v) is 11.7. The van der Waals surface area contributed by atoms with E-state index in [1.54, 1.807) is 0 Å². The van der Waals surface area contributed by atoms with E-state index in [9.17, 15) is 13.6 Å². The maximum atomic E-state index is 13.0. The highest BCUT2D eigenvalue weighted by Gasteiger charge is 2.07. The van der Waals surface area contributed by atoms with Crippen LogP contribution in [-0.4, -0.2) is 12.5 Å². The van der Waals surface area contributed by atoms with Crippen molar-refractivity contribution in [1.29, 1.82) is 0 Å². The Balaban J connectivity index is 1.95. The van der Waals surface area contributed by atoms with Crippen LogP contribution in [-0.2, 0) is 4.79 Å². The van der Waals surface area contributed by atoms with Crippen molar-refractivity contribution < 1.29 is 18.3 Å². The van der Waals surface area contributed by atoms with E-state index >= 15 is 0 Å². The SMILES string of the molecule is Cc1cc(C)cc(OCC(=O)Nc2cc(F)cc(F)c2)c1. The van der Waals surface area contributed by atoms with Crippen molar-refractivity contribution in [2.24, 2.45) is 0 Å². The van der Waals surface area contributed by atoms with Gasteiger partial charge in [-0.2, -0.15) is 0 Å². The average molecular weight is 291 g/mol. The minimum absolute atomic E-state index is 0.0570. The lowest BCUT2D eigenvalue weighted by Crippen LogP contribution is -2.20. The Bertz CT molecular complexity index is 631. The number of benzene rings is 2. The fourth-order valence-corrected chi connectivity index (χ4v) is 1.99. The number of hydrogen-bond acceptors (Lipinski definition) is 2. The molecule has 0 saturated carbocycles. The molecule has 2 aromatic carbocycles. The summed E-state index contributed by atoms with van der Waals surface area (Å²) in [5.74, 6) is -1.41. The van der Waals surface area contributed by atoms with Gasteiger partial charge in [0.25, 0.3) is 5.91 Å². The lowest BCUT2D eigenvalue weighted by molar-refractivity contribution is -0.118. The van der Waals surface area contributed by atoms with Gasteiger partial charge < -0.3 is 10.1 Å². The Kier molecular flexibility index (Phi) is 4.52. The fraction of sp³-hybridized carbons (Fsp3) is 0.188. The summed E-state index contributed by atoms with van der Waals surface area (Å²) in [4.78, 5) is 11.7. The number of ether oxygens (including phenoxy) is 1. The van der Waals surface area contributed by atoms with E-state index in [0.717, 1.165) is 29.3 Å². The van der Waals surface area contributed by atoms with E-state index in [1.165, 1.54) is 0 Å². The van der Waals surface area contributed by atoms with Gasteiger partial charge in [0.2, 0.25) is 0 Å². The molecule has 0 aliphatic heterocycles. The topological polar surface area (TPSA) is 38.3 Å². The molecule has 0 fully saturated rings. The molecule has 0 unspecified atom stereocenters. The van der Waals surface area contributed by atoms with E-state index < -0.39 is 17.5 Å². The van der Waals surface area contributed by atoms with E-state index in [0.29, 0.717) is 5.75 Å². The predicted molar refractivity (Wildman–Crippen MR) is 76.4 cm³/mol. The molecule has 0 heterocycles. The Morgan fingerprint density at radius 1 is 1.00 bits per heavy atom. The van der Waals surface area contributed by atoms with Crippen molar-refractivity contribution >= 4 is 11.6 Å². The van der Waals surface area contributed by atoms with E-state index in [1.807, 2.05) is 32.0 Å². The zero-order chi connectivity index (χ0) is 15.4. The number of aryl methyl sites for hydroxylation is 2. The van der Waals surface area contributed by atoms with Crippen LogP contribution in [0.15, 0.2) is 36.4 Å². The first-order chi connectivity index (χ1) is 9.92. The lowest BCUT2D eigenvalue weighted by Gasteiger charge is -2.09. The summed E-state index contributed by atoms with van der Waals surface area (Å²) in [5, 5.41) is 2.38. The van der Waals surface area contributed by atoms with Crippen molar-refractivity contribution in [3.8, 4) is 5.75 Å². The number of halogens is 2. The number of amides is 1. The van der Waals surface area contributed by atoms with Gasteiger partial charge in [0.05, 0.1) is 0 Å². The number of rotatable bonds is 4. The van der Waals surface area contributed by atoms with Crippen LogP contribution in [0.1, 0.15) is 11.1 Å². The molecule has 0 aromatic heterocycles. The monoisotopic (exact) mass is 291 g/mol. The molecular weight excluding hydrogens is 276 g/mol. The molecule has 0 bridgehead atoms. The van der Waals surface area contributed by atoms with Crippen molar-refractivity contribution in [1.82, 2.24) is 0 Å². The van der Waals surface area contributed by atoms with Gasteiger partial charge >= 0.3 is 0 Å². The molecule has 21 heavy (non-hydrogen) atoms. The summed E-state index contributed by atoms with van der Waals surface area (Å²) in [6, 6.07) is 8.42. The average Bonchev–Trinajstić information content (AvgIpc) is 2.34. The van der Waals surface area contributed by atoms with Gasteiger partial charge in [-0.25, -0.2) is 8.78 Å². The Hall–Kier alpha value is -2.43. The molecule has 0 spiro atoms. The molecular formula is C16H15F2NO2.